The van der Waals surface area contributed by atoms with Crippen molar-refractivity contribution in [1.82, 2.24) is 9.73 Å². The average molecular weight is 484 g/mol. The van der Waals surface area contributed by atoms with Gasteiger partial charge in [-0.2, -0.15) is 9.41 Å². The highest BCUT2D eigenvalue weighted by atomic mass is 35.5. The predicted molar refractivity (Wildman–Crippen MR) is 132 cm³/mol. The zero-order chi connectivity index (χ0) is 24.0. The quantitative estimate of drug-likeness (QED) is 0.361. The van der Waals surface area contributed by atoms with Gasteiger partial charge in [0.15, 0.2) is 0 Å². The highest BCUT2D eigenvalue weighted by molar-refractivity contribution is 7.89. The normalized spacial score (nSPS) is 12.1. The van der Waals surface area contributed by atoms with E-state index >= 15 is 0 Å². The molecule has 0 saturated heterocycles. The van der Waals surface area contributed by atoms with E-state index < -0.39 is 10.0 Å². The minimum atomic E-state index is -3.60. The van der Waals surface area contributed by atoms with Gasteiger partial charge in [-0.25, -0.2) is 13.8 Å². The number of halogens is 1. The first kappa shape index (κ1) is 24.6. The highest BCUT2D eigenvalue weighted by Gasteiger charge is 2.20. The van der Waals surface area contributed by atoms with Gasteiger partial charge < -0.3 is 0 Å². The van der Waals surface area contributed by atoms with Crippen molar-refractivity contribution in [2.45, 2.75) is 31.7 Å². The molecule has 0 bridgehead atoms. The molecule has 33 heavy (non-hydrogen) atoms. The molecule has 8 heteroatoms. The van der Waals surface area contributed by atoms with E-state index in [9.17, 15) is 13.2 Å². The summed E-state index contributed by atoms with van der Waals surface area (Å²) in [6, 6.07) is 20.8. The Kier molecular flexibility index (Phi) is 8.02. The van der Waals surface area contributed by atoms with Crippen LogP contribution in [0.2, 0.25) is 5.02 Å². The summed E-state index contributed by atoms with van der Waals surface area (Å²) in [4.78, 5) is 12.8. The van der Waals surface area contributed by atoms with Crippen molar-refractivity contribution in [3.05, 3.63) is 100 Å². The number of amides is 1. The summed E-state index contributed by atoms with van der Waals surface area (Å²) in [5.41, 5.74) is 6.32. The largest absolute Gasteiger partial charge is 0.271 e. The monoisotopic (exact) mass is 483 g/mol. The summed E-state index contributed by atoms with van der Waals surface area (Å²) in [7, 11) is -2.07. The first-order chi connectivity index (χ1) is 15.7. The van der Waals surface area contributed by atoms with Crippen molar-refractivity contribution in [2.75, 3.05) is 7.05 Å². The second-order valence-corrected chi connectivity index (χ2v) is 10.1. The van der Waals surface area contributed by atoms with Crippen molar-refractivity contribution in [2.24, 2.45) is 5.10 Å². The fraction of sp³-hybridized carbons (Fsp3) is 0.200. The van der Waals surface area contributed by atoms with Gasteiger partial charge in [0.1, 0.15) is 0 Å². The molecule has 172 valence electrons. The highest BCUT2D eigenvalue weighted by Crippen LogP contribution is 2.18. The van der Waals surface area contributed by atoms with Crippen LogP contribution in [0.3, 0.4) is 0 Å². The Labute approximate surface area is 200 Å². The Bertz CT molecular complexity index is 1250. The molecule has 6 nitrogen and oxygen atoms in total. The third-order valence-corrected chi connectivity index (χ3v) is 7.19. The van der Waals surface area contributed by atoms with Crippen molar-refractivity contribution >= 4 is 33.2 Å². The minimum absolute atomic E-state index is 0.186. The van der Waals surface area contributed by atoms with Crippen LogP contribution in [0.15, 0.2) is 82.8 Å². The summed E-state index contributed by atoms with van der Waals surface area (Å²) in [5, 5.41) is 4.85. The van der Waals surface area contributed by atoms with Gasteiger partial charge in [-0.1, -0.05) is 60.5 Å². The maximum atomic E-state index is 12.8. The number of carbonyl (C=O) groups excluding carboxylic acids is 1. The summed E-state index contributed by atoms with van der Waals surface area (Å²) in [6.45, 7) is 4.04. The number of hydrogen-bond donors (Lipinski definition) is 1. The SMILES string of the molecule is CCC(=NNC(=O)c1ccc(CN(C)S(=O)(=O)c2ccc(C)cc2)cc1)c1cccc(Cl)c1. The van der Waals surface area contributed by atoms with Crippen molar-refractivity contribution in [3.63, 3.8) is 0 Å². The number of sulfonamides is 1. The second-order valence-electron chi connectivity index (χ2n) is 7.63. The van der Waals surface area contributed by atoms with Crippen LogP contribution in [0.5, 0.6) is 0 Å². The van der Waals surface area contributed by atoms with Crippen LogP contribution >= 0.6 is 11.6 Å². The molecule has 1 amide bonds. The smallest absolute Gasteiger partial charge is 0.267 e. The lowest BCUT2D eigenvalue weighted by Gasteiger charge is -2.17. The molecule has 3 aromatic rings. The van der Waals surface area contributed by atoms with E-state index in [1.807, 2.05) is 26.0 Å². The first-order valence-electron chi connectivity index (χ1n) is 10.5. The lowest BCUT2D eigenvalue weighted by molar-refractivity contribution is 0.0954. The van der Waals surface area contributed by atoms with Crippen LogP contribution in [0.1, 0.15) is 40.4 Å². The second kappa shape index (κ2) is 10.7. The summed E-state index contributed by atoms with van der Waals surface area (Å²) >= 11 is 6.04. The van der Waals surface area contributed by atoms with E-state index in [0.29, 0.717) is 22.7 Å². The van der Waals surface area contributed by atoms with E-state index in [4.69, 9.17) is 11.6 Å². The van der Waals surface area contributed by atoms with Gasteiger partial charge in [-0.3, -0.25) is 4.79 Å². The Balaban J connectivity index is 1.66. The van der Waals surface area contributed by atoms with Gasteiger partial charge in [-0.05, 0) is 60.9 Å². The van der Waals surface area contributed by atoms with Crippen LogP contribution < -0.4 is 5.43 Å². The number of nitrogens with one attached hydrogen (secondary N) is 1. The Morgan fingerprint density at radius 3 is 2.27 bits per heavy atom. The fourth-order valence-electron chi connectivity index (χ4n) is 3.19. The van der Waals surface area contributed by atoms with E-state index in [0.717, 1.165) is 16.7 Å². The Hall–Kier alpha value is -3.00. The van der Waals surface area contributed by atoms with Crippen LogP contribution in [0, 0.1) is 6.92 Å². The molecule has 3 rings (SSSR count). The van der Waals surface area contributed by atoms with Crippen LogP contribution in [0.25, 0.3) is 0 Å². The average Bonchev–Trinajstić information content (AvgIpc) is 2.80. The van der Waals surface area contributed by atoms with E-state index in [1.54, 1.807) is 60.7 Å². The number of nitrogens with zero attached hydrogens (tertiary/aromatic N) is 2. The number of rotatable bonds is 8. The van der Waals surface area contributed by atoms with Crippen molar-refractivity contribution in [3.8, 4) is 0 Å². The first-order valence-corrected chi connectivity index (χ1v) is 12.3. The summed E-state index contributed by atoms with van der Waals surface area (Å²) in [6.07, 6.45) is 0.626. The standard InChI is InChI=1S/C25H26ClN3O3S/c1-4-24(21-6-5-7-22(26)16-21)27-28-25(30)20-12-10-19(11-13-20)17-29(3)33(31,32)23-14-8-18(2)9-15-23/h5-16H,4,17H2,1-3H3,(H,28,30). The lowest BCUT2D eigenvalue weighted by Crippen LogP contribution is -2.26. The predicted octanol–water partition coefficient (Wildman–Crippen LogP) is 5.01. The molecule has 0 radical (unpaired) electrons. The van der Waals surface area contributed by atoms with Crippen LogP contribution in [0.4, 0.5) is 0 Å². The summed E-state index contributed by atoms with van der Waals surface area (Å²) < 4.78 is 26.8. The molecule has 0 aliphatic carbocycles. The third-order valence-electron chi connectivity index (χ3n) is 5.14. The van der Waals surface area contributed by atoms with Gasteiger partial charge in [0.25, 0.3) is 5.91 Å². The number of hydrazone groups is 1. The maximum Gasteiger partial charge on any atom is 0.271 e. The zero-order valence-corrected chi connectivity index (χ0v) is 20.3. The van der Waals surface area contributed by atoms with Gasteiger partial charge in [-0.15, -0.1) is 0 Å². The molecule has 1 N–H and O–H groups in total. The molecule has 0 aromatic heterocycles. The Morgan fingerprint density at radius 2 is 1.67 bits per heavy atom. The molecule has 0 atom stereocenters. The van der Waals surface area contributed by atoms with E-state index in [1.165, 1.54) is 11.4 Å². The molecule has 0 aliphatic rings. The maximum absolute atomic E-state index is 12.8. The van der Waals surface area contributed by atoms with Crippen molar-refractivity contribution in [1.29, 1.82) is 0 Å². The molecule has 0 saturated carbocycles. The Morgan fingerprint density at radius 1 is 1.00 bits per heavy atom. The molecule has 0 fully saturated rings. The van der Waals surface area contributed by atoms with Crippen LogP contribution in [-0.2, 0) is 16.6 Å². The molecule has 0 heterocycles. The van der Waals surface area contributed by atoms with Crippen molar-refractivity contribution < 1.29 is 13.2 Å². The molecular weight excluding hydrogens is 458 g/mol. The number of carbonyl (C=O) groups is 1. The van der Waals surface area contributed by atoms with E-state index in [2.05, 4.69) is 10.5 Å². The molecule has 3 aromatic carbocycles. The fourth-order valence-corrected chi connectivity index (χ4v) is 4.54. The number of benzene rings is 3. The zero-order valence-electron chi connectivity index (χ0n) is 18.7. The van der Waals surface area contributed by atoms with Gasteiger partial charge in [0.05, 0.1) is 10.6 Å². The van der Waals surface area contributed by atoms with Gasteiger partial charge in [0, 0.05) is 24.2 Å². The third kappa shape index (κ3) is 6.28. The number of aryl methyl sites for hydroxylation is 1. The molecule has 0 unspecified atom stereocenters. The molecule has 0 spiro atoms. The topological polar surface area (TPSA) is 78.8 Å². The minimum Gasteiger partial charge on any atom is -0.267 e. The van der Waals surface area contributed by atoms with Gasteiger partial charge in [0.2, 0.25) is 10.0 Å². The molecular formula is C25H26ClN3O3S. The van der Waals surface area contributed by atoms with Gasteiger partial charge >= 0.3 is 0 Å². The lowest BCUT2D eigenvalue weighted by atomic mass is 10.1. The number of hydrogen-bond acceptors (Lipinski definition) is 4. The summed E-state index contributed by atoms with van der Waals surface area (Å²) in [5.74, 6) is -0.352. The molecule has 0 aliphatic heterocycles. The van der Waals surface area contributed by atoms with E-state index in [-0.39, 0.29) is 17.3 Å². The van der Waals surface area contributed by atoms with Crippen LogP contribution in [-0.4, -0.2) is 31.4 Å².